The fraction of sp³-hybridized carbons (Fsp3) is 0.455. The number of benzene rings is 1. The molecule has 0 atom stereocenters. The van der Waals surface area contributed by atoms with Gasteiger partial charge in [-0.3, -0.25) is 10.1 Å². The lowest BCUT2D eigenvalue weighted by Gasteiger charge is -2.07. The van der Waals surface area contributed by atoms with Gasteiger partial charge in [-0.15, -0.1) is 0 Å². The van der Waals surface area contributed by atoms with Gasteiger partial charge in [0.2, 0.25) is 0 Å². The van der Waals surface area contributed by atoms with Gasteiger partial charge in [0, 0.05) is 5.56 Å². The molecule has 0 radical (unpaired) electrons. The molecule has 0 fully saturated rings. The summed E-state index contributed by atoms with van der Waals surface area (Å²) in [6.45, 7) is 5.00. The van der Waals surface area contributed by atoms with Crippen LogP contribution >= 0.6 is 0 Å². The van der Waals surface area contributed by atoms with E-state index in [0.29, 0.717) is 17.5 Å². The van der Waals surface area contributed by atoms with Crippen molar-refractivity contribution in [1.82, 2.24) is 0 Å². The molecule has 0 spiro atoms. The van der Waals surface area contributed by atoms with Gasteiger partial charge in [-0.25, -0.2) is 8.42 Å². The normalized spacial score (nSPS) is 11.5. The summed E-state index contributed by atoms with van der Waals surface area (Å²) in [5.41, 5.74) is 0.788. The molecule has 0 heterocycles. The first kappa shape index (κ1) is 13.6. The Labute approximate surface area is 101 Å². The van der Waals surface area contributed by atoms with Crippen molar-refractivity contribution in [1.29, 1.82) is 0 Å². The van der Waals surface area contributed by atoms with E-state index in [0.717, 1.165) is 0 Å². The Morgan fingerprint density at radius 2 is 1.88 bits per heavy atom. The minimum atomic E-state index is -3.57. The van der Waals surface area contributed by atoms with Gasteiger partial charge in [0.1, 0.15) is 4.90 Å². The fourth-order valence-electron chi connectivity index (χ4n) is 1.77. The zero-order valence-corrected chi connectivity index (χ0v) is 10.9. The summed E-state index contributed by atoms with van der Waals surface area (Å²) in [6, 6.07) is 2.99. The summed E-state index contributed by atoms with van der Waals surface area (Å²) in [5.74, 6) is -0.0727. The maximum Gasteiger partial charge on any atom is 0.290 e. The Bertz CT molecular complexity index is 549. The van der Waals surface area contributed by atoms with Gasteiger partial charge in [-0.1, -0.05) is 6.92 Å². The quantitative estimate of drug-likeness (QED) is 0.613. The van der Waals surface area contributed by atoms with Crippen LogP contribution in [-0.4, -0.2) is 19.1 Å². The molecule has 17 heavy (non-hydrogen) atoms. The van der Waals surface area contributed by atoms with Gasteiger partial charge in [-0.2, -0.15) is 0 Å². The highest BCUT2D eigenvalue weighted by atomic mass is 32.2. The third-order valence-electron chi connectivity index (χ3n) is 2.40. The maximum absolute atomic E-state index is 12.0. The topological polar surface area (TPSA) is 77.3 Å². The van der Waals surface area contributed by atoms with Crippen LogP contribution in [0.25, 0.3) is 0 Å². The minimum Gasteiger partial charge on any atom is -0.258 e. The molecular formula is C11H15NO4S. The van der Waals surface area contributed by atoms with E-state index < -0.39 is 14.8 Å². The summed E-state index contributed by atoms with van der Waals surface area (Å²) < 4.78 is 23.9. The molecule has 0 aliphatic carbocycles. The van der Waals surface area contributed by atoms with E-state index in [-0.39, 0.29) is 16.3 Å². The van der Waals surface area contributed by atoms with E-state index >= 15 is 0 Å². The average molecular weight is 257 g/mol. The molecule has 0 aliphatic heterocycles. The van der Waals surface area contributed by atoms with Crippen LogP contribution in [-0.2, 0) is 9.84 Å². The molecule has 0 unspecified atom stereocenters. The predicted octanol–water partition coefficient (Wildman–Crippen LogP) is 2.40. The number of hydrogen-bond donors (Lipinski definition) is 0. The second-order valence-electron chi connectivity index (χ2n) is 4.00. The maximum atomic E-state index is 12.0. The zero-order chi connectivity index (χ0) is 13.2. The molecule has 0 amide bonds. The molecule has 1 aromatic carbocycles. The SMILES string of the molecule is CCCS(=O)(=O)c1cc(C)cc(C)c1[N+](=O)[O-]. The highest BCUT2D eigenvalue weighted by molar-refractivity contribution is 7.91. The van der Waals surface area contributed by atoms with Gasteiger partial charge >= 0.3 is 0 Å². The van der Waals surface area contributed by atoms with Crippen LogP contribution in [0, 0.1) is 24.0 Å². The Balaban J connectivity index is 3.57. The van der Waals surface area contributed by atoms with Crippen LogP contribution in [0.5, 0.6) is 0 Å². The Morgan fingerprint density at radius 1 is 1.29 bits per heavy atom. The predicted molar refractivity (Wildman–Crippen MR) is 64.9 cm³/mol. The van der Waals surface area contributed by atoms with Crippen molar-refractivity contribution < 1.29 is 13.3 Å². The smallest absolute Gasteiger partial charge is 0.258 e. The zero-order valence-electron chi connectivity index (χ0n) is 10.1. The van der Waals surface area contributed by atoms with Crippen LogP contribution in [0.2, 0.25) is 0 Å². The summed E-state index contributed by atoms with van der Waals surface area (Å²) in [5, 5.41) is 10.9. The molecular weight excluding hydrogens is 242 g/mol. The molecule has 5 nitrogen and oxygen atoms in total. The van der Waals surface area contributed by atoms with Gasteiger partial charge in [0.15, 0.2) is 9.84 Å². The lowest BCUT2D eigenvalue weighted by Crippen LogP contribution is -2.10. The lowest BCUT2D eigenvalue weighted by atomic mass is 10.1. The lowest BCUT2D eigenvalue weighted by molar-refractivity contribution is -0.388. The summed E-state index contributed by atoms with van der Waals surface area (Å²) in [4.78, 5) is 10.2. The van der Waals surface area contributed by atoms with Crippen molar-refractivity contribution in [3.05, 3.63) is 33.4 Å². The van der Waals surface area contributed by atoms with Crippen molar-refractivity contribution in [3.8, 4) is 0 Å². The van der Waals surface area contributed by atoms with E-state index in [1.165, 1.54) is 6.07 Å². The highest BCUT2D eigenvalue weighted by Gasteiger charge is 2.27. The molecule has 0 aliphatic rings. The first-order valence-corrected chi connectivity index (χ1v) is 6.93. The first-order valence-electron chi connectivity index (χ1n) is 5.28. The van der Waals surface area contributed by atoms with E-state index in [4.69, 9.17) is 0 Å². The van der Waals surface area contributed by atoms with Crippen LogP contribution < -0.4 is 0 Å². The largest absolute Gasteiger partial charge is 0.290 e. The van der Waals surface area contributed by atoms with Crippen molar-refractivity contribution in [2.75, 3.05) is 5.75 Å². The number of hydrogen-bond acceptors (Lipinski definition) is 4. The van der Waals surface area contributed by atoms with E-state index in [1.54, 1.807) is 26.8 Å². The molecule has 0 aromatic heterocycles. The molecule has 94 valence electrons. The number of nitrogens with zero attached hydrogens (tertiary/aromatic N) is 1. The molecule has 6 heteroatoms. The highest BCUT2D eigenvalue weighted by Crippen LogP contribution is 2.29. The van der Waals surface area contributed by atoms with E-state index in [9.17, 15) is 18.5 Å². The first-order chi connectivity index (χ1) is 7.79. The van der Waals surface area contributed by atoms with Crippen LogP contribution in [0.4, 0.5) is 5.69 Å². The Kier molecular flexibility index (Phi) is 3.87. The Hall–Kier alpha value is -1.43. The van der Waals surface area contributed by atoms with Gasteiger partial charge in [-0.05, 0) is 38.0 Å². The standard InChI is InChI=1S/C11H15NO4S/c1-4-5-17(15,16)10-7-8(2)6-9(3)11(10)12(13)14/h6-7H,4-5H2,1-3H3. The molecule has 1 aromatic rings. The van der Waals surface area contributed by atoms with Crippen molar-refractivity contribution in [2.45, 2.75) is 32.1 Å². The number of aryl methyl sites for hydroxylation is 2. The fourth-order valence-corrected chi connectivity index (χ4v) is 3.42. The van der Waals surface area contributed by atoms with Crippen molar-refractivity contribution >= 4 is 15.5 Å². The molecule has 0 N–H and O–H groups in total. The number of sulfone groups is 1. The third-order valence-corrected chi connectivity index (χ3v) is 4.33. The molecule has 0 saturated carbocycles. The Morgan fingerprint density at radius 3 is 2.35 bits per heavy atom. The number of nitro benzene ring substituents is 1. The van der Waals surface area contributed by atoms with Crippen LogP contribution in [0.15, 0.2) is 17.0 Å². The average Bonchev–Trinajstić information content (AvgIpc) is 2.15. The van der Waals surface area contributed by atoms with E-state index in [2.05, 4.69) is 0 Å². The van der Waals surface area contributed by atoms with Crippen molar-refractivity contribution in [2.24, 2.45) is 0 Å². The number of nitro groups is 1. The molecule has 0 bridgehead atoms. The second kappa shape index (κ2) is 4.83. The van der Waals surface area contributed by atoms with E-state index in [1.807, 2.05) is 0 Å². The van der Waals surface area contributed by atoms with Crippen molar-refractivity contribution in [3.63, 3.8) is 0 Å². The summed E-state index contributed by atoms with van der Waals surface area (Å²) in [7, 11) is -3.57. The van der Waals surface area contributed by atoms with Gasteiger partial charge < -0.3 is 0 Å². The van der Waals surface area contributed by atoms with Crippen LogP contribution in [0.1, 0.15) is 24.5 Å². The van der Waals surface area contributed by atoms with Gasteiger partial charge in [0.25, 0.3) is 5.69 Å². The summed E-state index contributed by atoms with van der Waals surface area (Å²) >= 11 is 0. The monoisotopic (exact) mass is 257 g/mol. The molecule has 0 saturated heterocycles. The second-order valence-corrected chi connectivity index (χ2v) is 6.08. The number of rotatable bonds is 4. The summed E-state index contributed by atoms with van der Waals surface area (Å²) in [6.07, 6.45) is 0.437. The van der Waals surface area contributed by atoms with Gasteiger partial charge in [0.05, 0.1) is 10.7 Å². The minimum absolute atomic E-state index is 0.0727. The third kappa shape index (κ3) is 2.82. The van der Waals surface area contributed by atoms with Crippen LogP contribution in [0.3, 0.4) is 0 Å². The molecule has 1 rings (SSSR count).